The van der Waals surface area contributed by atoms with Gasteiger partial charge in [0, 0.05) is 37.5 Å². The van der Waals surface area contributed by atoms with Crippen molar-refractivity contribution in [1.29, 1.82) is 0 Å². The Morgan fingerprint density at radius 2 is 2.09 bits per heavy atom. The molecule has 0 aliphatic carbocycles. The molecule has 1 fully saturated rings. The van der Waals surface area contributed by atoms with Gasteiger partial charge in [0.1, 0.15) is 11.4 Å². The number of benzene rings is 1. The molecule has 0 radical (unpaired) electrons. The summed E-state index contributed by atoms with van der Waals surface area (Å²) < 4.78 is 21.8. The van der Waals surface area contributed by atoms with Crippen molar-refractivity contribution in [3.8, 4) is 5.75 Å². The molecule has 4 heterocycles. The van der Waals surface area contributed by atoms with E-state index in [9.17, 15) is 23.9 Å². The quantitative estimate of drug-likeness (QED) is 0.715. The highest BCUT2D eigenvalue weighted by atomic mass is 19.1. The zero-order valence-corrected chi connectivity index (χ0v) is 19.5. The smallest absolute Gasteiger partial charge is 0.274 e. The average Bonchev–Trinajstić information content (AvgIpc) is 3.11. The fourth-order valence-electron chi connectivity index (χ4n) is 5.94. The highest BCUT2D eigenvalue weighted by Crippen LogP contribution is 2.47. The lowest BCUT2D eigenvalue weighted by Crippen LogP contribution is -2.58. The Morgan fingerprint density at radius 3 is 2.79 bits per heavy atom. The van der Waals surface area contributed by atoms with Crippen molar-refractivity contribution in [2.75, 3.05) is 13.7 Å². The van der Waals surface area contributed by atoms with Crippen LogP contribution in [0, 0.1) is 12.7 Å². The number of methoxy groups -OCH3 is 1. The number of hydrogen-bond acceptors (Lipinski definition) is 5. The number of aryl methyl sites for hydroxylation is 1. The summed E-state index contributed by atoms with van der Waals surface area (Å²) >= 11 is 0. The number of hydrogen-bond donors (Lipinski definition) is 2. The monoisotopic (exact) mass is 469 g/mol. The van der Waals surface area contributed by atoms with Crippen molar-refractivity contribution in [2.45, 2.75) is 63.8 Å². The number of fused-ring (bicyclic) bond motifs is 1. The Hall–Kier alpha value is -3.20. The van der Waals surface area contributed by atoms with E-state index >= 15 is 0 Å². The average molecular weight is 470 g/mol. The summed E-state index contributed by atoms with van der Waals surface area (Å²) in [6.07, 6.45) is 2.16. The Balaban J connectivity index is 1.61. The van der Waals surface area contributed by atoms with Crippen molar-refractivity contribution in [3.05, 3.63) is 62.3 Å². The Kier molecular flexibility index (Phi) is 5.27. The molecule has 3 aliphatic rings. The molecule has 2 aromatic rings. The van der Waals surface area contributed by atoms with Gasteiger partial charge in [-0.15, -0.1) is 0 Å². The molecule has 1 aromatic carbocycles. The van der Waals surface area contributed by atoms with Crippen molar-refractivity contribution in [2.24, 2.45) is 0 Å². The molecule has 1 spiro atoms. The first-order chi connectivity index (χ1) is 16.2. The lowest BCUT2D eigenvalue weighted by molar-refractivity contribution is -0.0199. The number of ether oxygens (including phenoxy) is 1. The van der Waals surface area contributed by atoms with E-state index in [-0.39, 0.29) is 35.5 Å². The number of amides is 2. The second-order valence-electron chi connectivity index (χ2n) is 9.65. The minimum atomic E-state index is -0.880. The molecule has 0 saturated carbocycles. The van der Waals surface area contributed by atoms with E-state index in [1.54, 1.807) is 35.6 Å². The summed E-state index contributed by atoms with van der Waals surface area (Å²) in [5, 5.41) is 13.5. The molecule has 9 heteroatoms. The minimum Gasteiger partial charge on any atom is -0.503 e. The third-order valence-electron chi connectivity index (χ3n) is 7.73. The highest BCUT2D eigenvalue weighted by molar-refractivity contribution is 6.00. The van der Waals surface area contributed by atoms with Gasteiger partial charge in [-0.3, -0.25) is 14.4 Å². The van der Waals surface area contributed by atoms with Gasteiger partial charge in [0.15, 0.2) is 11.4 Å². The van der Waals surface area contributed by atoms with Gasteiger partial charge in [-0.25, -0.2) is 4.39 Å². The van der Waals surface area contributed by atoms with Crippen LogP contribution in [0.4, 0.5) is 4.39 Å². The number of nitrogens with zero attached hydrogens (tertiary/aromatic N) is 2. The largest absolute Gasteiger partial charge is 0.503 e. The van der Waals surface area contributed by atoms with E-state index in [1.807, 2.05) is 6.92 Å². The van der Waals surface area contributed by atoms with Crippen LogP contribution < -0.4 is 10.7 Å². The highest BCUT2D eigenvalue weighted by Gasteiger charge is 2.56. The molecule has 1 aromatic heterocycles. The Morgan fingerprint density at radius 1 is 1.32 bits per heavy atom. The maximum Gasteiger partial charge on any atom is 0.274 e. The number of halogens is 1. The van der Waals surface area contributed by atoms with Gasteiger partial charge in [0.05, 0.1) is 11.6 Å². The minimum absolute atomic E-state index is 0.0655. The van der Waals surface area contributed by atoms with Gasteiger partial charge in [0.25, 0.3) is 11.8 Å². The van der Waals surface area contributed by atoms with E-state index in [2.05, 4.69) is 5.32 Å². The summed E-state index contributed by atoms with van der Waals surface area (Å²) in [7, 11) is 1.62. The van der Waals surface area contributed by atoms with Crippen molar-refractivity contribution in [1.82, 2.24) is 14.8 Å². The molecule has 2 N–H and O–H groups in total. The number of aromatic nitrogens is 1. The normalized spacial score (nSPS) is 25.2. The number of rotatable bonds is 4. The first-order valence-corrected chi connectivity index (χ1v) is 11.6. The number of nitrogens with one attached hydrogen (secondary N) is 1. The number of pyridine rings is 1. The van der Waals surface area contributed by atoms with E-state index in [4.69, 9.17) is 4.74 Å². The molecule has 2 amide bonds. The van der Waals surface area contributed by atoms with Crippen LogP contribution in [-0.4, -0.2) is 52.2 Å². The summed E-state index contributed by atoms with van der Waals surface area (Å²) in [4.78, 5) is 41.4. The molecule has 2 bridgehead atoms. The summed E-state index contributed by atoms with van der Waals surface area (Å²) in [6, 6.07) is 4.63. The van der Waals surface area contributed by atoms with Crippen molar-refractivity contribution < 1.29 is 23.8 Å². The molecule has 1 saturated heterocycles. The molecular weight excluding hydrogens is 441 g/mol. The maximum atomic E-state index is 14.2. The SMILES string of the molecule is CO[C@H]1CC[C@H](C)N2C[C@]13CCc1c(C(=O)NCc4ccc(C)cc4F)c(=O)c(O)c(n13)C2=O. The summed E-state index contributed by atoms with van der Waals surface area (Å²) in [5.41, 5.74) is -0.342. The van der Waals surface area contributed by atoms with Crippen molar-refractivity contribution >= 4 is 11.8 Å². The summed E-state index contributed by atoms with van der Waals surface area (Å²) in [6.45, 7) is 4.01. The second kappa shape index (κ2) is 7.94. The summed E-state index contributed by atoms with van der Waals surface area (Å²) in [5.74, 6) is -2.28. The van der Waals surface area contributed by atoms with Crippen LogP contribution in [-0.2, 0) is 23.2 Å². The lowest BCUT2D eigenvalue weighted by atomic mass is 9.86. The predicted octanol–water partition coefficient (Wildman–Crippen LogP) is 2.23. The van der Waals surface area contributed by atoms with Gasteiger partial charge >= 0.3 is 0 Å². The topological polar surface area (TPSA) is 101 Å². The van der Waals surface area contributed by atoms with Crippen LogP contribution in [0.5, 0.6) is 5.75 Å². The predicted molar refractivity (Wildman–Crippen MR) is 121 cm³/mol. The number of aromatic hydroxyl groups is 1. The molecule has 0 unspecified atom stereocenters. The van der Waals surface area contributed by atoms with Gasteiger partial charge in [-0.2, -0.15) is 0 Å². The van der Waals surface area contributed by atoms with E-state index in [1.165, 1.54) is 6.07 Å². The van der Waals surface area contributed by atoms with Crippen molar-refractivity contribution in [3.63, 3.8) is 0 Å². The van der Waals surface area contributed by atoms with Gasteiger partial charge in [-0.1, -0.05) is 12.1 Å². The zero-order chi connectivity index (χ0) is 24.4. The lowest BCUT2D eigenvalue weighted by Gasteiger charge is -2.46. The maximum absolute atomic E-state index is 14.2. The van der Waals surface area contributed by atoms with Crippen LogP contribution in [0.2, 0.25) is 0 Å². The molecule has 34 heavy (non-hydrogen) atoms. The van der Waals surface area contributed by atoms with Gasteiger partial charge in [-0.05, 0) is 51.2 Å². The third-order valence-corrected chi connectivity index (χ3v) is 7.73. The van der Waals surface area contributed by atoms with E-state index < -0.39 is 34.3 Å². The van der Waals surface area contributed by atoms with Crippen LogP contribution in [0.25, 0.3) is 0 Å². The Labute approximate surface area is 196 Å². The van der Waals surface area contributed by atoms with Gasteiger partial charge < -0.3 is 24.6 Å². The fraction of sp³-hybridized carbons (Fsp3) is 0.480. The molecule has 3 aliphatic heterocycles. The Bertz CT molecular complexity index is 1270. The number of carbonyl (C=O) groups is 2. The zero-order valence-electron chi connectivity index (χ0n) is 19.5. The molecule has 3 atom stereocenters. The molecule has 8 nitrogen and oxygen atoms in total. The molecule has 180 valence electrons. The van der Waals surface area contributed by atoms with Crippen LogP contribution in [0.1, 0.15) is 63.9 Å². The van der Waals surface area contributed by atoms with E-state index in [0.717, 1.165) is 12.0 Å². The van der Waals surface area contributed by atoms with E-state index in [0.29, 0.717) is 31.5 Å². The standard InChI is InChI=1S/C25H28FN3O5/c1-13-4-6-15(16(26)10-13)11-27-23(32)19-17-8-9-25-12-28(14(2)5-7-18(25)34-3)24(33)20(29(17)25)22(31)21(19)30/h4,6,10,14,18,31H,5,7-9,11-12H2,1-3H3,(H,27,32)/t14-,18-,25+/m0/s1. The first kappa shape index (κ1) is 22.6. The third kappa shape index (κ3) is 3.10. The van der Waals surface area contributed by atoms with Crippen LogP contribution in [0.15, 0.2) is 23.0 Å². The molecular formula is C25H28FN3O5. The number of carbonyl (C=O) groups excluding carboxylic acids is 2. The van der Waals surface area contributed by atoms with Crippen LogP contribution in [0.3, 0.4) is 0 Å². The van der Waals surface area contributed by atoms with Gasteiger partial charge in [0.2, 0.25) is 5.43 Å². The first-order valence-electron chi connectivity index (χ1n) is 11.6. The fourth-order valence-corrected chi connectivity index (χ4v) is 5.94. The molecule has 5 rings (SSSR count). The van der Waals surface area contributed by atoms with Crippen LogP contribution >= 0.6 is 0 Å². The second-order valence-corrected chi connectivity index (χ2v) is 9.65.